The van der Waals surface area contributed by atoms with E-state index in [1.807, 2.05) is 45.0 Å². The first kappa shape index (κ1) is 20.1. The van der Waals surface area contributed by atoms with Gasteiger partial charge in [-0.3, -0.25) is 4.79 Å². The van der Waals surface area contributed by atoms with E-state index in [-0.39, 0.29) is 5.57 Å². The van der Waals surface area contributed by atoms with Gasteiger partial charge in [0.05, 0.1) is 13.2 Å². The first-order valence-electron chi connectivity index (χ1n) is 8.97. The van der Waals surface area contributed by atoms with Crippen molar-refractivity contribution in [2.24, 2.45) is 0 Å². The Bertz CT molecular complexity index is 866. The van der Waals surface area contributed by atoms with E-state index in [9.17, 15) is 10.1 Å². The monoisotopic (exact) mass is 364 g/mol. The minimum atomic E-state index is -0.448. The van der Waals surface area contributed by atoms with Gasteiger partial charge in [0.25, 0.3) is 5.91 Å². The van der Waals surface area contributed by atoms with Gasteiger partial charge >= 0.3 is 0 Å². The Morgan fingerprint density at radius 3 is 2.59 bits per heavy atom. The maximum atomic E-state index is 12.5. The first-order chi connectivity index (χ1) is 13.1. The standard InChI is InChI=1S/C22H24N2O3/c1-4-12-27-20-11-10-17(14-21(20)26-5-2)13-18(15-23)22(25)24-19-9-7-6-8-16(19)3/h6-11,13-14H,4-5,12H2,1-3H3,(H,24,25)/b18-13+. The molecule has 0 aliphatic rings. The molecule has 0 atom stereocenters. The van der Waals surface area contributed by atoms with Gasteiger partial charge in [0.15, 0.2) is 11.5 Å². The van der Waals surface area contributed by atoms with E-state index in [1.165, 1.54) is 0 Å². The predicted octanol–water partition coefficient (Wildman–Crippen LogP) is 4.73. The summed E-state index contributed by atoms with van der Waals surface area (Å²) in [6.45, 7) is 6.91. The lowest BCUT2D eigenvalue weighted by Gasteiger charge is -2.12. The topological polar surface area (TPSA) is 71.3 Å². The normalized spacial score (nSPS) is 10.8. The molecule has 0 aromatic heterocycles. The van der Waals surface area contributed by atoms with Crippen LogP contribution in [-0.2, 0) is 4.79 Å². The number of aryl methyl sites for hydroxylation is 1. The molecule has 0 bridgehead atoms. The Morgan fingerprint density at radius 1 is 1.15 bits per heavy atom. The average molecular weight is 364 g/mol. The van der Waals surface area contributed by atoms with Gasteiger partial charge in [0, 0.05) is 5.69 Å². The molecule has 5 heteroatoms. The Kier molecular flexibility index (Phi) is 7.45. The molecule has 27 heavy (non-hydrogen) atoms. The summed E-state index contributed by atoms with van der Waals surface area (Å²) in [7, 11) is 0. The Morgan fingerprint density at radius 2 is 1.93 bits per heavy atom. The summed E-state index contributed by atoms with van der Waals surface area (Å²) in [4.78, 5) is 12.5. The third-order valence-corrected chi connectivity index (χ3v) is 3.80. The van der Waals surface area contributed by atoms with Crippen molar-refractivity contribution in [3.05, 3.63) is 59.2 Å². The molecule has 2 rings (SSSR count). The number of nitrogens with one attached hydrogen (secondary N) is 1. The Labute approximate surface area is 160 Å². The van der Waals surface area contributed by atoms with E-state index in [1.54, 1.807) is 30.3 Å². The minimum Gasteiger partial charge on any atom is -0.490 e. The number of benzene rings is 2. The number of anilines is 1. The van der Waals surface area contributed by atoms with Crippen molar-refractivity contribution in [1.82, 2.24) is 0 Å². The molecule has 2 aromatic rings. The first-order valence-corrected chi connectivity index (χ1v) is 8.97. The second-order valence-corrected chi connectivity index (χ2v) is 5.93. The SMILES string of the molecule is CCCOc1ccc(/C=C(\C#N)C(=O)Nc2ccccc2C)cc1OCC. The summed E-state index contributed by atoms with van der Waals surface area (Å²) in [6.07, 6.45) is 2.44. The van der Waals surface area contributed by atoms with E-state index in [4.69, 9.17) is 9.47 Å². The van der Waals surface area contributed by atoms with Gasteiger partial charge < -0.3 is 14.8 Å². The van der Waals surface area contributed by atoms with Crippen LogP contribution in [0.15, 0.2) is 48.0 Å². The summed E-state index contributed by atoms with van der Waals surface area (Å²) >= 11 is 0. The van der Waals surface area contributed by atoms with Gasteiger partial charge in [0.1, 0.15) is 11.6 Å². The van der Waals surface area contributed by atoms with Crippen LogP contribution in [0.2, 0.25) is 0 Å². The van der Waals surface area contributed by atoms with E-state index in [2.05, 4.69) is 5.32 Å². The van der Waals surface area contributed by atoms with Crippen molar-refractivity contribution < 1.29 is 14.3 Å². The van der Waals surface area contributed by atoms with Crippen LogP contribution in [0.3, 0.4) is 0 Å². The van der Waals surface area contributed by atoms with Gasteiger partial charge in [0.2, 0.25) is 0 Å². The van der Waals surface area contributed by atoms with E-state index in [0.29, 0.717) is 36.0 Å². The van der Waals surface area contributed by atoms with E-state index >= 15 is 0 Å². The fourth-order valence-electron chi connectivity index (χ4n) is 2.43. The van der Waals surface area contributed by atoms with Crippen molar-refractivity contribution in [3.8, 4) is 17.6 Å². The molecule has 1 N–H and O–H groups in total. The zero-order valence-electron chi connectivity index (χ0n) is 15.9. The molecule has 2 aromatic carbocycles. The molecule has 0 unspecified atom stereocenters. The highest BCUT2D eigenvalue weighted by molar-refractivity contribution is 6.10. The molecule has 5 nitrogen and oxygen atoms in total. The fourth-order valence-corrected chi connectivity index (χ4v) is 2.43. The van der Waals surface area contributed by atoms with E-state index < -0.39 is 5.91 Å². The number of hydrogen-bond acceptors (Lipinski definition) is 4. The second-order valence-electron chi connectivity index (χ2n) is 5.93. The molecule has 0 heterocycles. The number of carbonyl (C=O) groups excluding carboxylic acids is 1. The highest BCUT2D eigenvalue weighted by Crippen LogP contribution is 2.29. The predicted molar refractivity (Wildman–Crippen MR) is 107 cm³/mol. The molecule has 0 fully saturated rings. The van der Waals surface area contributed by atoms with Crippen LogP contribution >= 0.6 is 0 Å². The Balaban J connectivity index is 2.25. The van der Waals surface area contributed by atoms with Crippen LogP contribution in [0.4, 0.5) is 5.69 Å². The number of ether oxygens (including phenoxy) is 2. The average Bonchev–Trinajstić information content (AvgIpc) is 2.67. The largest absolute Gasteiger partial charge is 0.490 e. The fraction of sp³-hybridized carbons (Fsp3) is 0.273. The molecule has 0 aliphatic carbocycles. The van der Waals surface area contributed by atoms with Gasteiger partial charge in [-0.05, 0) is 55.7 Å². The number of para-hydroxylation sites is 1. The highest BCUT2D eigenvalue weighted by Gasteiger charge is 2.12. The lowest BCUT2D eigenvalue weighted by atomic mass is 10.1. The Hall–Kier alpha value is -3.26. The third kappa shape index (κ3) is 5.61. The smallest absolute Gasteiger partial charge is 0.266 e. The van der Waals surface area contributed by atoms with Crippen molar-refractivity contribution in [2.45, 2.75) is 27.2 Å². The van der Waals surface area contributed by atoms with Crippen LogP contribution in [0.25, 0.3) is 6.08 Å². The maximum absolute atomic E-state index is 12.5. The minimum absolute atomic E-state index is 0.0166. The summed E-state index contributed by atoms with van der Waals surface area (Å²) in [5, 5.41) is 12.2. The van der Waals surface area contributed by atoms with Gasteiger partial charge in [-0.2, -0.15) is 5.26 Å². The number of rotatable bonds is 8. The number of nitrogens with zero attached hydrogens (tertiary/aromatic N) is 1. The lowest BCUT2D eigenvalue weighted by molar-refractivity contribution is -0.112. The van der Waals surface area contributed by atoms with Gasteiger partial charge in [-0.1, -0.05) is 31.2 Å². The molecule has 0 saturated carbocycles. The summed E-state index contributed by atoms with van der Waals surface area (Å²) in [5.74, 6) is 0.797. The zero-order chi connectivity index (χ0) is 19.6. The molecule has 1 amide bonds. The molecule has 0 radical (unpaired) electrons. The molecular formula is C22H24N2O3. The number of hydrogen-bond donors (Lipinski definition) is 1. The van der Waals surface area contributed by atoms with Crippen LogP contribution in [0, 0.1) is 18.3 Å². The van der Waals surface area contributed by atoms with Crippen LogP contribution in [0.5, 0.6) is 11.5 Å². The lowest BCUT2D eigenvalue weighted by Crippen LogP contribution is -2.14. The van der Waals surface area contributed by atoms with E-state index in [0.717, 1.165) is 12.0 Å². The highest BCUT2D eigenvalue weighted by atomic mass is 16.5. The number of carbonyl (C=O) groups is 1. The van der Waals surface area contributed by atoms with Crippen molar-refractivity contribution in [3.63, 3.8) is 0 Å². The summed E-state index contributed by atoms with van der Waals surface area (Å²) < 4.78 is 11.3. The zero-order valence-corrected chi connectivity index (χ0v) is 15.9. The quantitative estimate of drug-likeness (QED) is 0.543. The molecular weight excluding hydrogens is 340 g/mol. The summed E-state index contributed by atoms with van der Waals surface area (Å²) in [5.41, 5.74) is 2.32. The second kappa shape index (κ2) is 10.0. The van der Waals surface area contributed by atoms with Crippen molar-refractivity contribution in [1.29, 1.82) is 5.26 Å². The van der Waals surface area contributed by atoms with Crippen molar-refractivity contribution in [2.75, 3.05) is 18.5 Å². The van der Waals surface area contributed by atoms with Crippen molar-refractivity contribution >= 4 is 17.7 Å². The molecule has 0 saturated heterocycles. The summed E-state index contributed by atoms with van der Waals surface area (Å²) in [6, 6.07) is 14.8. The van der Waals surface area contributed by atoms with Crippen LogP contribution in [-0.4, -0.2) is 19.1 Å². The van der Waals surface area contributed by atoms with Crippen LogP contribution < -0.4 is 14.8 Å². The third-order valence-electron chi connectivity index (χ3n) is 3.80. The molecule has 140 valence electrons. The van der Waals surface area contributed by atoms with Crippen LogP contribution in [0.1, 0.15) is 31.4 Å². The number of amides is 1. The number of nitriles is 1. The van der Waals surface area contributed by atoms with Gasteiger partial charge in [-0.15, -0.1) is 0 Å². The van der Waals surface area contributed by atoms with Gasteiger partial charge in [-0.25, -0.2) is 0 Å². The molecule has 0 aliphatic heterocycles. The maximum Gasteiger partial charge on any atom is 0.266 e. The molecule has 0 spiro atoms.